The van der Waals surface area contributed by atoms with Crippen molar-refractivity contribution in [1.29, 1.82) is 0 Å². The van der Waals surface area contributed by atoms with Crippen LogP contribution < -0.4 is 9.47 Å². The molecule has 10 heteroatoms. The summed E-state index contributed by atoms with van der Waals surface area (Å²) in [5.41, 5.74) is 3.04. The number of Topliss-reactive ketones (excluding diaryl/α,β-unsaturated/α-hetero) is 1. The smallest absolute Gasteiger partial charge is 0.290 e. The Morgan fingerprint density at radius 3 is 2.56 bits per heavy atom. The van der Waals surface area contributed by atoms with Crippen molar-refractivity contribution in [3.63, 3.8) is 0 Å². The van der Waals surface area contributed by atoms with Crippen LogP contribution in [0.2, 0.25) is 0 Å². The number of aryl methyl sites for hydroxylation is 1. The predicted molar refractivity (Wildman–Crippen MR) is 151 cm³/mol. The Hall–Kier alpha value is -3.89. The highest BCUT2D eigenvalue weighted by Crippen LogP contribution is 2.44. The summed E-state index contributed by atoms with van der Waals surface area (Å²) in [6, 6.07) is 12.1. The molecule has 0 spiro atoms. The van der Waals surface area contributed by atoms with Gasteiger partial charge >= 0.3 is 0 Å². The van der Waals surface area contributed by atoms with E-state index in [1.54, 1.807) is 30.2 Å². The molecule has 39 heavy (non-hydrogen) atoms. The van der Waals surface area contributed by atoms with Crippen LogP contribution in [0, 0.1) is 6.92 Å². The number of ketones is 1. The molecule has 1 atom stereocenters. The zero-order valence-electron chi connectivity index (χ0n) is 22.7. The third-order valence-electron chi connectivity index (χ3n) is 7.42. The number of carbonyl (C=O) groups excluding carboxylic acids is 2. The molecule has 1 N–H and O–H groups in total. The number of carbonyl (C=O) groups is 2. The van der Waals surface area contributed by atoms with E-state index in [4.69, 9.17) is 9.47 Å². The van der Waals surface area contributed by atoms with Crippen LogP contribution in [0.15, 0.2) is 53.8 Å². The van der Waals surface area contributed by atoms with E-state index >= 15 is 0 Å². The first-order valence-electron chi connectivity index (χ1n) is 12.9. The number of likely N-dealkylation sites (N-methyl/N-ethyl adjacent to an activating group) is 1. The van der Waals surface area contributed by atoms with Gasteiger partial charge in [0.1, 0.15) is 11.5 Å². The van der Waals surface area contributed by atoms with Crippen molar-refractivity contribution in [3.8, 4) is 11.5 Å². The number of rotatable bonds is 10. The molecule has 1 amide bonds. The molecule has 1 unspecified atom stereocenters. The van der Waals surface area contributed by atoms with E-state index in [9.17, 15) is 14.7 Å². The monoisotopic (exact) mass is 548 g/mol. The maximum Gasteiger partial charge on any atom is 0.290 e. The normalized spacial score (nSPS) is 15.8. The average Bonchev–Trinajstić information content (AvgIpc) is 3.57. The molecule has 0 radical (unpaired) electrons. The minimum atomic E-state index is -0.851. The number of thiazole rings is 1. The third kappa shape index (κ3) is 4.43. The van der Waals surface area contributed by atoms with Crippen molar-refractivity contribution in [1.82, 2.24) is 19.2 Å². The highest BCUT2D eigenvalue weighted by atomic mass is 32.1. The Labute approximate surface area is 230 Å². The Kier molecular flexibility index (Phi) is 7.33. The van der Waals surface area contributed by atoms with Crippen LogP contribution in [0.5, 0.6) is 11.5 Å². The lowest BCUT2D eigenvalue weighted by Crippen LogP contribution is -2.38. The predicted octanol–water partition coefficient (Wildman–Crippen LogP) is 4.79. The van der Waals surface area contributed by atoms with Gasteiger partial charge in [0.2, 0.25) is 5.78 Å². The van der Waals surface area contributed by atoms with E-state index in [-0.39, 0.29) is 5.57 Å². The van der Waals surface area contributed by atoms with E-state index in [2.05, 4.69) is 23.7 Å². The SMILES string of the molecule is CCN(CC)CCN1C(=O)C(O)=C(C(=O)c2sc3nc4ccccc4n3c2C)C1c1cc(OC)ccc1OC. The molecule has 0 fully saturated rings. The maximum absolute atomic E-state index is 14.3. The molecule has 204 valence electrons. The zero-order chi connectivity index (χ0) is 27.8. The number of para-hydroxylation sites is 2. The van der Waals surface area contributed by atoms with Crippen molar-refractivity contribution >= 4 is 39.0 Å². The number of benzene rings is 2. The lowest BCUT2D eigenvalue weighted by atomic mass is 9.94. The Bertz CT molecular complexity index is 1600. The molecule has 0 saturated heterocycles. The number of methoxy groups -OCH3 is 2. The summed E-state index contributed by atoms with van der Waals surface area (Å²) in [6.07, 6.45) is 0. The van der Waals surface area contributed by atoms with Gasteiger partial charge in [-0.15, -0.1) is 0 Å². The lowest BCUT2D eigenvalue weighted by Gasteiger charge is -2.30. The first kappa shape index (κ1) is 26.7. The summed E-state index contributed by atoms with van der Waals surface area (Å²) < 4.78 is 13.1. The fraction of sp³-hybridized carbons (Fsp3) is 0.345. The quantitative estimate of drug-likeness (QED) is 0.285. The van der Waals surface area contributed by atoms with Gasteiger partial charge in [-0.25, -0.2) is 4.98 Å². The fourth-order valence-electron chi connectivity index (χ4n) is 5.28. The second-order valence-electron chi connectivity index (χ2n) is 9.36. The Balaban J connectivity index is 1.64. The summed E-state index contributed by atoms with van der Waals surface area (Å²) in [4.78, 5) is 37.3. The minimum absolute atomic E-state index is 0.0306. The van der Waals surface area contributed by atoms with E-state index in [0.29, 0.717) is 45.7 Å². The first-order chi connectivity index (χ1) is 18.8. The van der Waals surface area contributed by atoms with Crippen LogP contribution in [0.3, 0.4) is 0 Å². The van der Waals surface area contributed by atoms with Crippen molar-refractivity contribution in [2.24, 2.45) is 0 Å². The Morgan fingerprint density at radius 2 is 1.87 bits per heavy atom. The number of aliphatic hydroxyl groups excluding tert-OH is 1. The van der Waals surface area contributed by atoms with E-state index in [1.165, 1.54) is 18.4 Å². The van der Waals surface area contributed by atoms with E-state index < -0.39 is 23.5 Å². The summed E-state index contributed by atoms with van der Waals surface area (Å²) >= 11 is 1.25. The molecule has 0 bridgehead atoms. The molecule has 5 rings (SSSR count). The van der Waals surface area contributed by atoms with Gasteiger partial charge in [0.05, 0.1) is 41.7 Å². The van der Waals surface area contributed by atoms with Gasteiger partial charge in [-0.05, 0) is 50.3 Å². The molecule has 4 aromatic rings. The molecule has 0 saturated carbocycles. The van der Waals surface area contributed by atoms with Gasteiger partial charge in [-0.1, -0.05) is 37.3 Å². The van der Waals surface area contributed by atoms with Crippen LogP contribution in [0.1, 0.15) is 40.8 Å². The largest absolute Gasteiger partial charge is 0.503 e. The van der Waals surface area contributed by atoms with Crippen LogP contribution >= 0.6 is 11.3 Å². The van der Waals surface area contributed by atoms with E-state index in [0.717, 1.165) is 24.1 Å². The molecular formula is C29H32N4O5S. The van der Waals surface area contributed by atoms with Gasteiger partial charge in [0.25, 0.3) is 5.91 Å². The van der Waals surface area contributed by atoms with Crippen LogP contribution in [-0.2, 0) is 4.79 Å². The van der Waals surface area contributed by atoms with Crippen molar-refractivity contribution in [2.75, 3.05) is 40.4 Å². The first-order valence-corrected chi connectivity index (χ1v) is 13.8. The van der Waals surface area contributed by atoms with Crippen molar-refractivity contribution in [2.45, 2.75) is 26.8 Å². The van der Waals surface area contributed by atoms with Gasteiger partial charge in [0, 0.05) is 24.3 Å². The second kappa shape index (κ2) is 10.7. The van der Waals surface area contributed by atoms with Crippen LogP contribution in [-0.4, -0.2) is 76.4 Å². The summed E-state index contributed by atoms with van der Waals surface area (Å²) in [5, 5.41) is 11.2. The number of hydrogen-bond donors (Lipinski definition) is 1. The standard InChI is InChI=1S/C29H32N4O5S/c1-6-31(7-2)14-15-32-24(19-16-18(37-4)12-13-22(19)38-5)23(26(35)28(32)36)25(34)27-17(3)33-21-11-9-8-10-20(21)30-29(33)39-27/h8-13,16,24,35H,6-7,14-15H2,1-5H3. The lowest BCUT2D eigenvalue weighted by molar-refractivity contribution is -0.129. The number of amides is 1. The Morgan fingerprint density at radius 1 is 1.13 bits per heavy atom. The summed E-state index contributed by atoms with van der Waals surface area (Å²) in [6.45, 7) is 8.53. The number of fused-ring (bicyclic) bond motifs is 3. The number of aromatic nitrogens is 2. The highest BCUT2D eigenvalue weighted by Gasteiger charge is 2.45. The zero-order valence-corrected chi connectivity index (χ0v) is 23.5. The number of ether oxygens (including phenoxy) is 2. The molecule has 1 aliphatic rings. The molecule has 1 aliphatic heterocycles. The third-order valence-corrected chi connectivity index (χ3v) is 8.57. The highest BCUT2D eigenvalue weighted by molar-refractivity contribution is 7.19. The maximum atomic E-state index is 14.3. The summed E-state index contributed by atoms with van der Waals surface area (Å²) in [5.74, 6) is -0.477. The average molecular weight is 549 g/mol. The molecule has 0 aliphatic carbocycles. The van der Waals surface area contributed by atoms with Crippen LogP contribution in [0.25, 0.3) is 16.0 Å². The van der Waals surface area contributed by atoms with Gasteiger partial charge < -0.3 is 24.4 Å². The van der Waals surface area contributed by atoms with Gasteiger partial charge in [0.15, 0.2) is 10.7 Å². The number of imidazole rings is 1. The van der Waals surface area contributed by atoms with Crippen LogP contribution in [0.4, 0.5) is 0 Å². The van der Waals surface area contributed by atoms with Crippen molar-refractivity contribution in [3.05, 3.63) is 69.9 Å². The molecule has 3 heterocycles. The summed E-state index contributed by atoms with van der Waals surface area (Å²) in [7, 11) is 3.09. The molecule has 9 nitrogen and oxygen atoms in total. The van der Waals surface area contributed by atoms with E-state index in [1.807, 2.05) is 35.6 Å². The second-order valence-corrected chi connectivity index (χ2v) is 10.3. The number of aliphatic hydroxyl groups is 1. The molecule has 2 aromatic heterocycles. The fourth-order valence-corrected chi connectivity index (χ4v) is 6.37. The number of nitrogens with zero attached hydrogens (tertiary/aromatic N) is 4. The van der Waals surface area contributed by atoms with Crippen molar-refractivity contribution < 1.29 is 24.2 Å². The number of hydrogen-bond acceptors (Lipinski definition) is 8. The topological polar surface area (TPSA) is 96.6 Å². The molecular weight excluding hydrogens is 516 g/mol. The van der Waals surface area contributed by atoms with Gasteiger partial charge in [-0.2, -0.15) is 0 Å². The van der Waals surface area contributed by atoms with Gasteiger partial charge in [-0.3, -0.25) is 14.0 Å². The molecule has 2 aromatic carbocycles. The minimum Gasteiger partial charge on any atom is -0.503 e.